The van der Waals surface area contributed by atoms with Gasteiger partial charge in [0, 0.05) is 38.9 Å². The van der Waals surface area contributed by atoms with Gasteiger partial charge in [0.25, 0.3) is 0 Å². The number of fused-ring (bicyclic) bond motifs is 2. The van der Waals surface area contributed by atoms with E-state index in [1.165, 1.54) is 0 Å². The first kappa shape index (κ1) is 40.3. The normalized spacial score (nSPS) is 11.2. The van der Waals surface area contributed by atoms with Gasteiger partial charge in [-0.2, -0.15) is 0 Å². The summed E-state index contributed by atoms with van der Waals surface area (Å²) in [5, 5.41) is 4.54. The summed E-state index contributed by atoms with van der Waals surface area (Å²) in [7, 11) is 0. The van der Waals surface area contributed by atoms with E-state index < -0.39 is 0 Å². The molecule has 0 fully saturated rings. The fourth-order valence-electron chi connectivity index (χ4n) is 8.93. The van der Waals surface area contributed by atoms with Crippen LogP contribution in [-0.2, 0) is 0 Å². The van der Waals surface area contributed by atoms with Crippen molar-refractivity contribution in [2.75, 3.05) is 0 Å². The smallest absolute Gasteiger partial charge is 0.164 e. The molecule has 318 valence electrons. The van der Waals surface area contributed by atoms with Crippen molar-refractivity contribution in [2.45, 2.75) is 0 Å². The van der Waals surface area contributed by atoms with E-state index in [-0.39, 0.29) is 0 Å². The summed E-state index contributed by atoms with van der Waals surface area (Å²) in [5.41, 5.74) is 14.4. The minimum Gasteiger partial charge on any atom is -0.248 e. The van der Waals surface area contributed by atoms with Crippen LogP contribution in [0, 0.1) is 0 Å². The van der Waals surface area contributed by atoms with Crippen LogP contribution < -0.4 is 0 Å². The van der Waals surface area contributed by atoms with Gasteiger partial charge in [-0.1, -0.05) is 194 Å². The first-order valence-corrected chi connectivity index (χ1v) is 22.8. The molecule has 12 rings (SSSR count). The van der Waals surface area contributed by atoms with Gasteiger partial charge >= 0.3 is 0 Å². The molecule has 0 aliphatic heterocycles. The summed E-state index contributed by atoms with van der Waals surface area (Å²) >= 11 is 0. The Hall–Kier alpha value is -9.19. The Morgan fingerprint density at radius 1 is 0.162 bits per heavy atom. The Labute approximate surface area is 394 Å². The Morgan fingerprint density at radius 2 is 0.441 bits per heavy atom. The lowest BCUT2D eigenvalue weighted by Crippen LogP contribution is -2.01. The van der Waals surface area contributed by atoms with Gasteiger partial charge in [-0.3, -0.25) is 0 Å². The van der Waals surface area contributed by atoms with Gasteiger partial charge in [0.05, 0.1) is 22.8 Å². The fourth-order valence-corrected chi connectivity index (χ4v) is 8.93. The third-order valence-corrected chi connectivity index (χ3v) is 12.4. The second-order valence-corrected chi connectivity index (χ2v) is 16.9. The number of rotatable bonds is 9. The number of aromatic nitrogens is 5. The molecular formula is C63H41N5. The lowest BCUT2D eigenvalue weighted by Gasteiger charge is -2.15. The molecule has 5 nitrogen and oxygen atoms in total. The van der Waals surface area contributed by atoms with Crippen LogP contribution in [0.5, 0.6) is 0 Å². The highest BCUT2D eigenvalue weighted by atomic mass is 15.0. The zero-order valence-electron chi connectivity index (χ0n) is 36.9. The molecule has 68 heavy (non-hydrogen) atoms. The second kappa shape index (κ2) is 17.7. The molecule has 0 atom stereocenters. The van der Waals surface area contributed by atoms with Crippen molar-refractivity contribution in [1.29, 1.82) is 0 Å². The summed E-state index contributed by atoms with van der Waals surface area (Å²) in [6.45, 7) is 0. The maximum Gasteiger partial charge on any atom is 0.164 e. The molecule has 5 heteroatoms. The maximum absolute atomic E-state index is 5.35. The molecule has 0 saturated carbocycles. The quantitative estimate of drug-likeness (QED) is 0.145. The molecule has 0 spiro atoms. The number of nitrogens with zero attached hydrogens (tertiary/aromatic N) is 5. The highest BCUT2D eigenvalue weighted by molar-refractivity contribution is 5.90. The van der Waals surface area contributed by atoms with Crippen LogP contribution >= 0.6 is 0 Å². The van der Waals surface area contributed by atoms with Crippen LogP contribution in [0.4, 0.5) is 0 Å². The molecule has 3 heterocycles. The predicted octanol–water partition coefficient (Wildman–Crippen LogP) is 16.0. The second-order valence-electron chi connectivity index (χ2n) is 16.9. The van der Waals surface area contributed by atoms with E-state index in [9.17, 15) is 0 Å². The van der Waals surface area contributed by atoms with E-state index in [0.29, 0.717) is 17.5 Å². The van der Waals surface area contributed by atoms with Gasteiger partial charge < -0.3 is 0 Å². The third kappa shape index (κ3) is 8.21. The van der Waals surface area contributed by atoms with E-state index in [2.05, 4.69) is 224 Å². The Morgan fingerprint density at radius 3 is 0.794 bits per heavy atom. The van der Waals surface area contributed by atoms with Crippen molar-refractivity contribution in [2.24, 2.45) is 0 Å². The third-order valence-electron chi connectivity index (χ3n) is 12.4. The summed E-state index contributed by atoms with van der Waals surface area (Å²) in [5.74, 6) is 1.76. The van der Waals surface area contributed by atoms with Crippen LogP contribution in [-0.4, -0.2) is 24.9 Å². The molecular weight excluding hydrogens is 827 g/mol. The molecule has 0 amide bonds. The number of hydrogen-bond acceptors (Lipinski definition) is 5. The topological polar surface area (TPSA) is 64.5 Å². The highest BCUT2D eigenvalue weighted by Gasteiger charge is 2.18. The average Bonchev–Trinajstić information content (AvgIpc) is 3.43. The van der Waals surface area contributed by atoms with Gasteiger partial charge in [-0.15, -0.1) is 0 Å². The molecule has 0 bridgehead atoms. The molecule has 0 aliphatic carbocycles. The van der Waals surface area contributed by atoms with E-state index in [4.69, 9.17) is 24.9 Å². The zero-order chi connectivity index (χ0) is 45.2. The van der Waals surface area contributed by atoms with Crippen molar-refractivity contribution in [1.82, 2.24) is 24.9 Å². The van der Waals surface area contributed by atoms with Crippen LogP contribution in [0.3, 0.4) is 0 Å². The molecule has 0 N–H and O–H groups in total. The summed E-state index contributed by atoms with van der Waals surface area (Å²) < 4.78 is 0. The molecule has 0 radical (unpaired) electrons. The SMILES string of the molecule is c1ccc(-c2cc(-c3cc(-c4cc(-c5ccccc5)nc(-c5ccccc5)c4)cc(-c4nc(-c5ccc6ccccc6c5)nc(-c5ccc6ccccc6c5)n4)c3)cc(-c3ccccc3)n2)cc1. The lowest BCUT2D eigenvalue weighted by atomic mass is 9.93. The fraction of sp³-hybridized carbons (Fsp3) is 0. The zero-order valence-corrected chi connectivity index (χ0v) is 36.9. The summed E-state index contributed by atoms with van der Waals surface area (Å²) in [4.78, 5) is 26.4. The van der Waals surface area contributed by atoms with Gasteiger partial charge in [-0.25, -0.2) is 24.9 Å². The highest BCUT2D eigenvalue weighted by Crippen LogP contribution is 2.39. The van der Waals surface area contributed by atoms with Crippen LogP contribution in [0.1, 0.15) is 0 Å². The Bertz CT molecular complexity index is 3420. The molecule has 9 aromatic carbocycles. The Balaban J connectivity index is 1.12. The van der Waals surface area contributed by atoms with Crippen LogP contribution in [0.2, 0.25) is 0 Å². The molecule has 12 aromatic rings. The predicted molar refractivity (Wildman–Crippen MR) is 279 cm³/mol. The summed E-state index contributed by atoms with van der Waals surface area (Å²) in [6, 6.07) is 86.6. The van der Waals surface area contributed by atoms with E-state index in [1.54, 1.807) is 0 Å². The minimum atomic E-state index is 0.565. The molecule has 0 aliphatic rings. The number of benzene rings is 9. The average molecular weight is 868 g/mol. The van der Waals surface area contributed by atoms with Gasteiger partial charge in [-0.05, 0) is 98.4 Å². The molecule has 0 saturated heterocycles. The van der Waals surface area contributed by atoms with Crippen molar-refractivity contribution in [3.05, 3.63) is 249 Å². The standard InChI is InChI=1S/C63H41N5/c1-5-19-44(20-6-1)57-38-54(39-58(64-57)45-21-7-2-8-22-45)52-35-53(55-40-59(46-23-9-3-10-24-46)65-60(41-55)47-25-11-4-12-26-47)37-56(36-52)63-67-61(50-31-29-42-17-13-15-27-48(42)33-50)66-62(68-63)51-32-30-43-18-14-16-28-49(43)34-51/h1-41H. The largest absolute Gasteiger partial charge is 0.248 e. The minimum absolute atomic E-state index is 0.565. The van der Waals surface area contributed by atoms with E-state index in [0.717, 1.165) is 106 Å². The van der Waals surface area contributed by atoms with Gasteiger partial charge in [0.1, 0.15) is 0 Å². The van der Waals surface area contributed by atoms with Gasteiger partial charge in [0.15, 0.2) is 17.5 Å². The molecule has 0 unspecified atom stereocenters. The molecule has 3 aromatic heterocycles. The maximum atomic E-state index is 5.35. The van der Waals surface area contributed by atoms with E-state index in [1.807, 2.05) is 24.3 Å². The first-order valence-electron chi connectivity index (χ1n) is 22.8. The van der Waals surface area contributed by atoms with Crippen LogP contribution in [0.25, 0.3) is 123 Å². The number of pyridine rings is 2. The van der Waals surface area contributed by atoms with Crippen molar-refractivity contribution in [3.63, 3.8) is 0 Å². The van der Waals surface area contributed by atoms with Crippen molar-refractivity contribution < 1.29 is 0 Å². The van der Waals surface area contributed by atoms with E-state index >= 15 is 0 Å². The van der Waals surface area contributed by atoms with Crippen molar-refractivity contribution in [3.8, 4) is 101 Å². The summed E-state index contributed by atoms with van der Waals surface area (Å²) in [6.07, 6.45) is 0. The van der Waals surface area contributed by atoms with Gasteiger partial charge in [0.2, 0.25) is 0 Å². The first-order chi connectivity index (χ1) is 33.6. The van der Waals surface area contributed by atoms with Crippen LogP contribution in [0.15, 0.2) is 249 Å². The van der Waals surface area contributed by atoms with Crippen molar-refractivity contribution >= 4 is 21.5 Å². The Kier molecular flexibility index (Phi) is 10.5. The number of hydrogen-bond donors (Lipinski definition) is 0. The monoisotopic (exact) mass is 867 g/mol. The lowest BCUT2D eigenvalue weighted by molar-refractivity contribution is 1.08.